The van der Waals surface area contributed by atoms with Gasteiger partial charge in [-0.1, -0.05) is 19.1 Å². The molecule has 14 heavy (non-hydrogen) atoms. The summed E-state index contributed by atoms with van der Waals surface area (Å²) in [5.41, 5.74) is 2.39. The molecule has 0 aromatic heterocycles. The molecule has 1 aromatic rings. The van der Waals surface area contributed by atoms with Crippen LogP contribution in [0.1, 0.15) is 24.5 Å². The molecule has 0 saturated heterocycles. The largest absolute Gasteiger partial charge is 0.492 e. The lowest BCUT2D eigenvalue weighted by atomic mass is 9.72. The van der Waals surface area contributed by atoms with Gasteiger partial charge >= 0.3 is 0 Å². The second-order valence-electron chi connectivity index (χ2n) is 4.53. The molecule has 0 bridgehead atoms. The standard InChI is InChI=1S/C12H12O2/c1-12-6-9(13)5-8-3-2-4-10(11(8)12)14-7-12/h2-4H,5-7H2,1H3. The third kappa shape index (κ3) is 0.884. The van der Waals surface area contributed by atoms with Crippen LogP contribution in [0.3, 0.4) is 0 Å². The Kier molecular flexibility index (Phi) is 1.37. The molecule has 2 nitrogen and oxygen atoms in total. The molecular weight excluding hydrogens is 176 g/mol. The van der Waals surface area contributed by atoms with Crippen LogP contribution in [0.25, 0.3) is 0 Å². The van der Waals surface area contributed by atoms with Crippen LogP contribution in [-0.2, 0) is 16.6 Å². The molecule has 0 N–H and O–H groups in total. The molecule has 3 rings (SSSR count). The van der Waals surface area contributed by atoms with Crippen molar-refractivity contribution < 1.29 is 9.53 Å². The third-order valence-electron chi connectivity index (χ3n) is 3.24. The number of benzene rings is 1. The van der Waals surface area contributed by atoms with Crippen molar-refractivity contribution in [2.75, 3.05) is 6.61 Å². The normalized spacial score (nSPS) is 28.5. The Bertz CT molecular complexity index is 422. The van der Waals surface area contributed by atoms with Crippen LogP contribution in [0.2, 0.25) is 0 Å². The van der Waals surface area contributed by atoms with Crippen molar-refractivity contribution in [1.29, 1.82) is 0 Å². The first-order valence-corrected chi connectivity index (χ1v) is 4.96. The van der Waals surface area contributed by atoms with Gasteiger partial charge in [-0.05, 0) is 11.6 Å². The lowest BCUT2D eigenvalue weighted by molar-refractivity contribution is -0.120. The molecule has 1 unspecified atom stereocenters. The highest BCUT2D eigenvalue weighted by Crippen LogP contribution is 2.45. The maximum atomic E-state index is 11.6. The molecule has 0 spiro atoms. The highest BCUT2D eigenvalue weighted by molar-refractivity contribution is 5.86. The van der Waals surface area contributed by atoms with Crippen molar-refractivity contribution in [1.82, 2.24) is 0 Å². The Morgan fingerprint density at radius 3 is 3.14 bits per heavy atom. The molecule has 72 valence electrons. The summed E-state index contributed by atoms with van der Waals surface area (Å²) in [7, 11) is 0. The summed E-state index contributed by atoms with van der Waals surface area (Å²) in [5.74, 6) is 1.32. The molecule has 1 aromatic carbocycles. The van der Waals surface area contributed by atoms with Gasteiger partial charge < -0.3 is 4.74 Å². The summed E-state index contributed by atoms with van der Waals surface area (Å²) in [6.45, 7) is 2.78. The predicted octanol–water partition coefficient (Wildman–Crippen LogP) is 1.85. The van der Waals surface area contributed by atoms with Crippen LogP contribution in [0.15, 0.2) is 18.2 Å². The van der Waals surface area contributed by atoms with Gasteiger partial charge in [0.2, 0.25) is 0 Å². The first-order chi connectivity index (χ1) is 6.69. The average molecular weight is 188 g/mol. The third-order valence-corrected chi connectivity index (χ3v) is 3.24. The van der Waals surface area contributed by atoms with Gasteiger partial charge in [-0.3, -0.25) is 4.79 Å². The van der Waals surface area contributed by atoms with Crippen LogP contribution in [0.4, 0.5) is 0 Å². The van der Waals surface area contributed by atoms with Gasteiger partial charge in [-0.15, -0.1) is 0 Å². The van der Waals surface area contributed by atoms with E-state index in [9.17, 15) is 4.79 Å². The first-order valence-electron chi connectivity index (χ1n) is 4.96. The second-order valence-corrected chi connectivity index (χ2v) is 4.53. The number of rotatable bonds is 0. The van der Waals surface area contributed by atoms with E-state index in [1.54, 1.807) is 0 Å². The smallest absolute Gasteiger partial charge is 0.138 e. The van der Waals surface area contributed by atoms with Gasteiger partial charge in [-0.2, -0.15) is 0 Å². The topological polar surface area (TPSA) is 26.3 Å². The summed E-state index contributed by atoms with van der Waals surface area (Å²) in [6.07, 6.45) is 1.22. The van der Waals surface area contributed by atoms with Crippen molar-refractivity contribution in [3.63, 3.8) is 0 Å². The fraction of sp³-hybridized carbons (Fsp3) is 0.417. The Morgan fingerprint density at radius 2 is 2.29 bits per heavy atom. The number of carbonyl (C=O) groups excluding carboxylic acids is 1. The summed E-state index contributed by atoms with van der Waals surface area (Å²) < 4.78 is 5.62. The number of Topliss-reactive ketones (excluding diaryl/α,β-unsaturated/α-hetero) is 1. The highest BCUT2D eigenvalue weighted by Gasteiger charge is 2.42. The second kappa shape index (κ2) is 2.38. The molecule has 2 aliphatic rings. The van der Waals surface area contributed by atoms with Gasteiger partial charge in [0.05, 0.1) is 6.61 Å². The van der Waals surface area contributed by atoms with Crippen LogP contribution in [-0.4, -0.2) is 12.4 Å². The maximum Gasteiger partial charge on any atom is 0.138 e. The summed E-state index contributed by atoms with van der Waals surface area (Å²) in [6, 6.07) is 6.02. The van der Waals surface area contributed by atoms with Crippen LogP contribution in [0, 0.1) is 0 Å². The van der Waals surface area contributed by atoms with E-state index in [4.69, 9.17) is 4.74 Å². The molecular formula is C12H12O2. The zero-order chi connectivity index (χ0) is 9.76. The van der Waals surface area contributed by atoms with Gasteiger partial charge in [0, 0.05) is 23.8 Å². The van der Waals surface area contributed by atoms with E-state index in [0.29, 0.717) is 25.2 Å². The predicted molar refractivity (Wildman–Crippen MR) is 52.6 cm³/mol. The molecule has 1 heterocycles. The van der Waals surface area contributed by atoms with Crippen LogP contribution in [0.5, 0.6) is 5.75 Å². The first kappa shape index (κ1) is 8.04. The number of ketones is 1. The number of hydrogen-bond acceptors (Lipinski definition) is 2. The summed E-state index contributed by atoms with van der Waals surface area (Å²) >= 11 is 0. The Hall–Kier alpha value is -1.31. The Labute approximate surface area is 82.9 Å². The van der Waals surface area contributed by atoms with Crippen molar-refractivity contribution in [3.8, 4) is 5.75 Å². The van der Waals surface area contributed by atoms with Crippen molar-refractivity contribution in [2.24, 2.45) is 0 Å². The summed E-state index contributed by atoms with van der Waals surface area (Å²) in [5, 5.41) is 0. The average Bonchev–Trinajstić information content (AvgIpc) is 2.45. The molecule has 0 fully saturated rings. The van der Waals surface area contributed by atoms with Gasteiger partial charge in [-0.25, -0.2) is 0 Å². The quantitative estimate of drug-likeness (QED) is 0.621. The molecule has 1 aliphatic heterocycles. The van der Waals surface area contributed by atoms with E-state index in [0.717, 1.165) is 5.75 Å². The van der Waals surface area contributed by atoms with E-state index >= 15 is 0 Å². The van der Waals surface area contributed by atoms with E-state index in [1.165, 1.54) is 11.1 Å². The van der Waals surface area contributed by atoms with Crippen LogP contribution < -0.4 is 4.74 Å². The van der Waals surface area contributed by atoms with Crippen molar-refractivity contribution in [2.45, 2.75) is 25.2 Å². The lowest BCUT2D eigenvalue weighted by Gasteiger charge is -2.28. The van der Waals surface area contributed by atoms with Gasteiger partial charge in [0.25, 0.3) is 0 Å². The monoisotopic (exact) mass is 188 g/mol. The number of hydrogen-bond donors (Lipinski definition) is 0. The van der Waals surface area contributed by atoms with E-state index in [1.807, 2.05) is 18.2 Å². The molecule has 0 radical (unpaired) electrons. The molecule has 0 amide bonds. The van der Waals surface area contributed by atoms with E-state index < -0.39 is 0 Å². The minimum absolute atomic E-state index is 0.0543. The minimum atomic E-state index is -0.0543. The van der Waals surface area contributed by atoms with Gasteiger partial charge in [0.1, 0.15) is 11.5 Å². The SMILES string of the molecule is CC12COc3cccc(c31)CC(=O)C2. The van der Waals surface area contributed by atoms with Crippen molar-refractivity contribution >= 4 is 5.78 Å². The van der Waals surface area contributed by atoms with E-state index in [-0.39, 0.29) is 5.41 Å². The van der Waals surface area contributed by atoms with Crippen molar-refractivity contribution in [3.05, 3.63) is 29.3 Å². The fourth-order valence-corrected chi connectivity index (χ4v) is 2.69. The molecule has 1 aliphatic carbocycles. The summed E-state index contributed by atoms with van der Waals surface area (Å²) in [4.78, 5) is 11.6. The lowest BCUT2D eigenvalue weighted by Crippen LogP contribution is -2.33. The molecule has 0 saturated carbocycles. The Balaban J connectivity index is 2.28. The number of carbonyl (C=O) groups is 1. The zero-order valence-electron chi connectivity index (χ0n) is 8.17. The number of ether oxygens (including phenoxy) is 1. The zero-order valence-corrected chi connectivity index (χ0v) is 8.17. The molecule has 1 atom stereocenters. The molecule has 2 heteroatoms. The fourth-order valence-electron chi connectivity index (χ4n) is 2.69. The Morgan fingerprint density at radius 1 is 1.43 bits per heavy atom. The maximum absolute atomic E-state index is 11.6. The minimum Gasteiger partial charge on any atom is -0.492 e. The highest BCUT2D eigenvalue weighted by atomic mass is 16.5. The van der Waals surface area contributed by atoms with Gasteiger partial charge in [0.15, 0.2) is 0 Å². The van der Waals surface area contributed by atoms with Crippen LogP contribution >= 0.6 is 0 Å². The van der Waals surface area contributed by atoms with E-state index in [2.05, 4.69) is 6.92 Å².